The Bertz CT molecular complexity index is 149. The standard InChI is InChI=1S/C9H20N2O2/c1-4-5-7-10(11(12)13)8-6-9(2)3/h9H,4-8H2,1-3H3. The number of nitrogens with zero attached hydrogens (tertiary/aromatic N) is 2. The van der Waals surface area contributed by atoms with Gasteiger partial charge in [-0.3, -0.25) is 0 Å². The monoisotopic (exact) mass is 188 g/mol. The Morgan fingerprint density at radius 2 is 2.00 bits per heavy atom. The van der Waals surface area contributed by atoms with Crippen LogP contribution in [0.5, 0.6) is 0 Å². The summed E-state index contributed by atoms with van der Waals surface area (Å²) in [6, 6.07) is 0. The Labute approximate surface area is 80.0 Å². The van der Waals surface area contributed by atoms with E-state index in [-0.39, 0.29) is 5.03 Å². The second-order valence-electron chi connectivity index (χ2n) is 3.73. The Morgan fingerprint density at radius 3 is 2.38 bits per heavy atom. The molecule has 78 valence electrons. The zero-order chi connectivity index (χ0) is 10.3. The molecule has 0 saturated carbocycles. The summed E-state index contributed by atoms with van der Waals surface area (Å²) in [5.74, 6) is 0.532. The highest BCUT2D eigenvalue weighted by molar-refractivity contribution is 4.50. The predicted molar refractivity (Wildman–Crippen MR) is 52.9 cm³/mol. The minimum atomic E-state index is -0.280. The predicted octanol–water partition coefficient (Wildman–Crippen LogP) is 2.33. The highest BCUT2D eigenvalue weighted by Gasteiger charge is 2.12. The fourth-order valence-electron chi connectivity index (χ4n) is 1.02. The maximum absolute atomic E-state index is 10.5. The number of hydrogen-bond acceptors (Lipinski definition) is 2. The fraction of sp³-hybridized carbons (Fsp3) is 1.00. The normalized spacial score (nSPS) is 10.5. The molecule has 0 heterocycles. The highest BCUT2D eigenvalue weighted by atomic mass is 16.7. The summed E-state index contributed by atoms with van der Waals surface area (Å²) >= 11 is 0. The number of unbranched alkanes of at least 4 members (excludes halogenated alkanes) is 1. The van der Waals surface area contributed by atoms with Crippen molar-refractivity contribution in [3.8, 4) is 0 Å². The Kier molecular flexibility index (Phi) is 6.28. The molecule has 13 heavy (non-hydrogen) atoms. The van der Waals surface area contributed by atoms with Crippen LogP contribution in [0, 0.1) is 16.0 Å². The summed E-state index contributed by atoms with van der Waals surface area (Å²) in [7, 11) is 0. The van der Waals surface area contributed by atoms with Crippen molar-refractivity contribution in [2.45, 2.75) is 40.0 Å². The van der Waals surface area contributed by atoms with Crippen LogP contribution in [0.15, 0.2) is 0 Å². The molecule has 4 nitrogen and oxygen atoms in total. The van der Waals surface area contributed by atoms with Crippen LogP contribution >= 0.6 is 0 Å². The van der Waals surface area contributed by atoms with Crippen LogP contribution in [-0.4, -0.2) is 23.1 Å². The van der Waals surface area contributed by atoms with Crippen molar-refractivity contribution >= 4 is 0 Å². The van der Waals surface area contributed by atoms with Crippen molar-refractivity contribution in [2.75, 3.05) is 13.1 Å². The van der Waals surface area contributed by atoms with Gasteiger partial charge >= 0.3 is 0 Å². The zero-order valence-electron chi connectivity index (χ0n) is 8.82. The van der Waals surface area contributed by atoms with Gasteiger partial charge in [-0.1, -0.05) is 27.2 Å². The van der Waals surface area contributed by atoms with E-state index in [4.69, 9.17) is 0 Å². The molecule has 4 heteroatoms. The van der Waals surface area contributed by atoms with E-state index in [1.54, 1.807) is 0 Å². The van der Waals surface area contributed by atoms with Gasteiger partial charge in [0, 0.05) is 0 Å². The Hall–Kier alpha value is -0.800. The van der Waals surface area contributed by atoms with Gasteiger partial charge in [-0.05, 0) is 18.8 Å². The van der Waals surface area contributed by atoms with Crippen molar-refractivity contribution in [1.29, 1.82) is 0 Å². The molecule has 0 unspecified atom stereocenters. The molecule has 0 fully saturated rings. The van der Waals surface area contributed by atoms with Gasteiger partial charge in [0.15, 0.2) is 5.03 Å². The maximum Gasteiger partial charge on any atom is 0.160 e. The molecule has 0 bridgehead atoms. The lowest BCUT2D eigenvalue weighted by atomic mass is 10.1. The van der Waals surface area contributed by atoms with E-state index >= 15 is 0 Å². The van der Waals surface area contributed by atoms with E-state index < -0.39 is 0 Å². The topological polar surface area (TPSA) is 46.4 Å². The zero-order valence-corrected chi connectivity index (χ0v) is 8.82. The van der Waals surface area contributed by atoms with Gasteiger partial charge < -0.3 is 0 Å². The smallest absolute Gasteiger partial charge is 0.160 e. The molecule has 0 spiro atoms. The van der Waals surface area contributed by atoms with Crippen LogP contribution in [0.2, 0.25) is 0 Å². The lowest BCUT2D eigenvalue weighted by molar-refractivity contribution is -0.655. The van der Waals surface area contributed by atoms with Gasteiger partial charge in [0.25, 0.3) is 0 Å². The van der Waals surface area contributed by atoms with Crippen LogP contribution in [0.3, 0.4) is 0 Å². The summed E-state index contributed by atoms with van der Waals surface area (Å²) in [6.45, 7) is 7.36. The van der Waals surface area contributed by atoms with Gasteiger partial charge in [0.05, 0.1) is 13.1 Å². The summed E-state index contributed by atoms with van der Waals surface area (Å²) in [5.41, 5.74) is 0. The van der Waals surface area contributed by atoms with Gasteiger partial charge in [-0.25, -0.2) is 10.1 Å². The van der Waals surface area contributed by atoms with Crippen molar-refractivity contribution in [3.63, 3.8) is 0 Å². The first-order chi connectivity index (χ1) is 6.07. The molecule has 0 rings (SSSR count). The minimum absolute atomic E-state index is 0.280. The number of rotatable bonds is 7. The van der Waals surface area contributed by atoms with E-state index in [0.717, 1.165) is 19.3 Å². The molecule has 0 N–H and O–H groups in total. The number of hydrazine groups is 1. The van der Waals surface area contributed by atoms with Crippen molar-refractivity contribution in [2.24, 2.45) is 5.92 Å². The van der Waals surface area contributed by atoms with E-state index in [2.05, 4.69) is 13.8 Å². The second kappa shape index (κ2) is 6.69. The van der Waals surface area contributed by atoms with E-state index in [9.17, 15) is 10.1 Å². The lowest BCUT2D eigenvalue weighted by Crippen LogP contribution is -2.32. The quantitative estimate of drug-likeness (QED) is 0.455. The van der Waals surface area contributed by atoms with E-state index in [1.165, 1.54) is 5.01 Å². The van der Waals surface area contributed by atoms with Crippen molar-refractivity contribution in [3.05, 3.63) is 10.1 Å². The molecule has 0 atom stereocenters. The van der Waals surface area contributed by atoms with Gasteiger partial charge in [0.1, 0.15) is 0 Å². The first kappa shape index (κ1) is 12.2. The van der Waals surface area contributed by atoms with Crippen LogP contribution < -0.4 is 0 Å². The van der Waals surface area contributed by atoms with Gasteiger partial charge in [0.2, 0.25) is 0 Å². The first-order valence-electron chi connectivity index (χ1n) is 4.97. The third-order valence-electron chi connectivity index (χ3n) is 1.97. The molecule has 0 amide bonds. The molecule has 0 aromatic carbocycles. The van der Waals surface area contributed by atoms with Crippen LogP contribution in [0.1, 0.15) is 40.0 Å². The van der Waals surface area contributed by atoms with E-state index in [1.807, 2.05) is 6.92 Å². The van der Waals surface area contributed by atoms with Crippen molar-refractivity contribution in [1.82, 2.24) is 5.01 Å². The summed E-state index contributed by atoms with van der Waals surface area (Å²) in [6.07, 6.45) is 2.80. The van der Waals surface area contributed by atoms with Crippen LogP contribution in [0.4, 0.5) is 0 Å². The van der Waals surface area contributed by atoms with E-state index in [0.29, 0.717) is 19.0 Å². The van der Waals surface area contributed by atoms with Crippen LogP contribution in [0.25, 0.3) is 0 Å². The summed E-state index contributed by atoms with van der Waals surface area (Å²) in [4.78, 5) is 10.5. The Morgan fingerprint density at radius 1 is 1.38 bits per heavy atom. The van der Waals surface area contributed by atoms with Gasteiger partial charge in [-0.2, -0.15) is 0 Å². The maximum atomic E-state index is 10.5. The second-order valence-corrected chi connectivity index (χ2v) is 3.73. The third-order valence-corrected chi connectivity index (χ3v) is 1.97. The summed E-state index contributed by atoms with van der Waals surface area (Å²) in [5, 5.41) is 11.6. The Balaban J connectivity index is 3.74. The number of nitro groups is 1. The fourth-order valence-corrected chi connectivity index (χ4v) is 1.02. The average Bonchev–Trinajstić information content (AvgIpc) is 2.03. The molecular formula is C9H20N2O2. The largest absolute Gasteiger partial charge is 0.235 e. The van der Waals surface area contributed by atoms with Gasteiger partial charge in [-0.15, -0.1) is 5.01 Å². The molecular weight excluding hydrogens is 168 g/mol. The summed E-state index contributed by atoms with van der Waals surface area (Å²) < 4.78 is 0. The molecule has 0 aliphatic rings. The minimum Gasteiger partial charge on any atom is -0.235 e. The average molecular weight is 188 g/mol. The molecule has 0 aromatic heterocycles. The first-order valence-corrected chi connectivity index (χ1v) is 4.97. The molecule has 0 aromatic rings. The molecule has 0 aliphatic carbocycles. The molecule has 0 aliphatic heterocycles. The molecule has 0 radical (unpaired) electrons. The van der Waals surface area contributed by atoms with Crippen molar-refractivity contribution < 1.29 is 5.03 Å². The SMILES string of the molecule is CCCCN(CCC(C)C)[N+](=O)[O-]. The third kappa shape index (κ3) is 6.37. The van der Waals surface area contributed by atoms with Crippen LogP contribution in [-0.2, 0) is 0 Å². The number of hydrogen-bond donors (Lipinski definition) is 0. The molecule has 0 saturated heterocycles. The highest BCUT2D eigenvalue weighted by Crippen LogP contribution is 2.03. The lowest BCUT2D eigenvalue weighted by Gasteiger charge is -2.14.